The van der Waals surface area contributed by atoms with E-state index in [2.05, 4.69) is 0 Å². The fraction of sp³-hybridized carbons (Fsp3) is 0.714. The number of allylic oxidation sites excluding steroid dienone is 2. The zero-order chi connectivity index (χ0) is 14.0. The summed E-state index contributed by atoms with van der Waals surface area (Å²) in [6.07, 6.45) is 5.30. The molecule has 2 unspecified atom stereocenters. The first-order valence-corrected chi connectivity index (χ1v) is 6.56. The van der Waals surface area contributed by atoms with E-state index < -0.39 is 11.8 Å². The van der Waals surface area contributed by atoms with E-state index in [4.69, 9.17) is 9.47 Å². The molecule has 2 atom stereocenters. The Bertz CT molecular complexity index is 284. The Morgan fingerprint density at radius 3 is 2.06 bits per heavy atom. The van der Waals surface area contributed by atoms with E-state index in [1.807, 2.05) is 19.1 Å². The maximum Gasteiger partial charge on any atom is 0.310 e. The summed E-state index contributed by atoms with van der Waals surface area (Å²) in [5, 5.41) is 0. The largest absolute Gasteiger partial charge is 0.466 e. The van der Waals surface area contributed by atoms with Crippen molar-refractivity contribution in [3.05, 3.63) is 12.2 Å². The number of ether oxygens (including phenoxy) is 2. The van der Waals surface area contributed by atoms with Crippen LogP contribution >= 0.6 is 0 Å². The van der Waals surface area contributed by atoms with Crippen LogP contribution in [0, 0.1) is 11.8 Å². The van der Waals surface area contributed by atoms with Gasteiger partial charge in [-0.05, 0) is 26.7 Å². The first kappa shape index (κ1) is 16.7. The predicted molar refractivity (Wildman–Crippen MR) is 70.0 cm³/mol. The molecule has 0 aliphatic rings. The van der Waals surface area contributed by atoms with Crippen molar-refractivity contribution in [2.45, 2.75) is 40.5 Å². The standard InChI is InChI=1S/C14H24O4/c1-5-8-9-10-12(14(16)18-7-3)11(4)13(15)17-6-2/h8-9,11-12H,5-7,10H2,1-4H3. The lowest BCUT2D eigenvalue weighted by Crippen LogP contribution is -2.30. The van der Waals surface area contributed by atoms with E-state index in [0.29, 0.717) is 19.6 Å². The molecular formula is C14H24O4. The number of hydrogen-bond acceptors (Lipinski definition) is 4. The zero-order valence-corrected chi connectivity index (χ0v) is 11.8. The van der Waals surface area contributed by atoms with Crippen molar-refractivity contribution in [1.29, 1.82) is 0 Å². The third-order valence-corrected chi connectivity index (χ3v) is 2.64. The second-order valence-corrected chi connectivity index (χ2v) is 4.01. The molecule has 0 spiro atoms. The molecule has 0 aliphatic heterocycles. The molecule has 0 bridgehead atoms. The average Bonchev–Trinajstić information content (AvgIpc) is 2.34. The van der Waals surface area contributed by atoms with Gasteiger partial charge in [-0.15, -0.1) is 0 Å². The van der Waals surface area contributed by atoms with Gasteiger partial charge in [0.2, 0.25) is 0 Å². The molecule has 0 aromatic rings. The average molecular weight is 256 g/mol. The van der Waals surface area contributed by atoms with Crippen LogP contribution in [-0.4, -0.2) is 25.2 Å². The summed E-state index contributed by atoms with van der Waals surface area (Å²) in [4.78, 5) is 23.5. The molecule has 18 heavy (non-hydrogen) atoms. The minimum absolute atomic E-state index is 0.322. The fourth-order valence-electron chi connectivity index (χ4n) is 1.60. The molecule has 0 aromatic heterocycles. The SMILES string of the molecule is CCC=CCC(C(=O)OCC)C(C)C(=O)OCC. The molecule has 0 rings (SSSR count). The van der Waals surface area contributed by atoms with Crippen molar-refractivity contribution in [3.8, 4) is 0 Å². The van der Waals surface area contributed by atoms with Gasteiger partial charge in [-0.2, -0.15) is 0 Å². The van der Waals surface area contributed by atoms with E-state index in [-0.39, 0.29) is 11.9 Å². The van der Waals surface area contributed by atoms with Gasteiger partial charge in [0.1, 0.15) is 0 Å². The van der Waals surface area contributed by atoms with Crippen LogP contribution < -0.4 is 0 Å². The molecule has 0 aliphatic carbocycles. The molecule has 0 fully saturated rings. The highest BCUT2D eigenvalue weighted by Crippen LogP contribution is 2.20. The highest BCUT2D eigenvalue weighted by atomic mass is 16.5. The van der Waals surface area contributed by atoms with Crippen LogP contribution in [0.2, 0.25) is 0 Å². The maximum absolute atomic E-state index is 11.8. The third kappa shape index (κ3) is 5.84. The van der Waals surface area contributed by atoms with Gasteiger partial charge in [0, 0.05) is 0 Å². The van der Waals surface area contributed by atoms with Gasteiger partial charge in [0.15, 0.2) is 0 Å². The summed E-state index contributed by atoms with van der Waals surface area (Å²) < 4.78 is 9.95. The smallest absolute Gasteiger partial charge is 0.310 e. The number of carbonyl (C=O) groups excluding carboxylic acids is 2. The highest BCUT2D eigenvalue weighted by Gasteiger charge is 2.31. The van der Waals surface area contributed by atoms with Crippen molar-refractivity contribution in [2.75, 3.05) is 13.2 Å². The van der Waals surface area contributed by atoms with Crippen molar-refractivity contribution in [3.63, 3.8) is 0 Å². The van der Waals surface area contributed by atoms with Crippen LogP contribution in [0.15, 0.2) is 12.2 Å². The van der Waals surface area contributed by atoms with Crippen molar-refractivity contribution in [1.82, 2.24) is 0 Å². The molecular weight excluding hydrogens is 232 g/mol. The van der Waals surface area contributed by atoms with E-state index in [1.165, 1.54) is 0 Å². The molecule has 4 heteroatoms. The van der Waals surface area contributed by atoms with Gasteiger partial charge in [-0.1, -0.05) is 26.0 Å². The lowest BCUT2D eigenvalue weighted by molar-refractivity contribution is -0.159. The van der Waals surface area contributed by atoms with Crippen molar-refractivity contribution < 1.29 is 19.1 Å². The quantitative estimate of drug-likeness (QED) is 0.495. The van der Waals surface area contributed by atoms with Gasteiger partial charge >= 0.3 is 11.9 Å². The number of hydrogen-bond donors (Lipinski definition) is 0. The Labute approximate surface area is 109 Å². The van der Waals surface area contributed by atoms with Crippen LogP contribution in [0.4, 0.5) is 0 Å². The van der Waals surface area contributed by atoms with Gasteiger partial charge in [-0.25, -0.2) is 0 Å². The molecule has 0 amide bonds. The first-order chi connectivity index (χ1) is 8.58. The summed E-state index contributed by atoms with van der Waals surface area (Å²) in [7, 11) is 0. The Morgan fingerprint density at radius 2 is 1.56 bits per heavy atom. The van der Waals surface area contributed by atoms with E-state index in [9.17, 15) is 9.59 Å². The van der Waals surface area contributed by atoms with Gasteiger partial charge in [0.05, 0.1) is 25.0 Å². The van der Waals surface area contributed by atoms with Gasteiger partial charge in [0.25, 0.3) is 0 Å². The van der Waals surface area contributed by atoms with Crippen LogP contribution in [0.5, 0.6) is 0 Å². The Balaban J connectivity index is 4.67. The second-order valence-electron chi connectivity index (χ2n) is 4.01. The molecule has 0 heterocycles. The molecule has 104 valence electrons. The van der Waals surface area contributed by atoms with Crippen molar-refractivity contribution in [2.24, 2.45) is 11.8 Å². The van der Waals surface area contributed by atoms with E-state index in [0.717, 1.165) is 6.42 Å². The summed E-state index contributed by atoms with van der Waals surface area (Å²) in [6.45, 7) is 7.88. The van der Waals surface area contributed by atoms with E-state index in [1.54, 1.807) is 20.8 Å². The van der Waals surface area contributed by atoms with Gasteiger partial charge < -0.3 is 9.47 Å². The normalized spacial score (nSPS) is 14.2. The third-order valence-electron chi connectivity index (χ3n) is 2.64. The number of carbonyl (C=O) groups is 2. The summed E-state index contributed by atoms with van der Waals surface area (Å²) >= 11 is 0. The molecule has 0 N–H and O–H groups in total. The predicted octanol–water partition coefficient (Wildman–Crippen LogP) is 2.72. The monoisotopic (exact) mass is 256 g/mol. The zero-order valence-electron chi connectivity index (χ0n) is 11.8. The molecule has 0 saturated carbocycles. The highest BCUT2D eigenvalue weighted by molar-refractivity contribution is 5.81. The molecule has 0 aromatic carbocycles. The molecule has 0 radical (unpaired) electrons. The van der Waals surface area contributed by atoms with Crippen LogP contribution in [-0.2, 0) is 19.1 Å². The van der Waals surface area contributed by atoms with Crippen LogP contribution in [0.25, 0.3) is 0 Å². The summed E-state index contributed by atoms with van der Waals surface area (Å²) in [5.41, 5.74) is 0. The summed E-state index contributed by atoms with van der Waals surface area (Å²) in [6, 6.07) is 0. The number of esters is 2. The Kier molecular flexibility index (Phi) is 8.97. The summed E-state index contributed by atoms with van der Waals surface area (Å²) in [5.74, 6) is -1.63. The maximum atomic E-state index is 11.8. The fourth-order valence-corrected chi connectivity index (χ4v) is 1.60. The minimum atomic E-state index is -0.481. The minimum Gasteiger partial charge on any atom is -0.466 e. The van der Waals surface area contributed by atoms with Crippen LogP contribution in [0.3, 0.4) is 0 Å². The lowest BCUT2D eigenvalue weighted by atomic mass is 9.90. The van der Waals surface area contributed by atoms with Crippen LogP contribution in [0.1, 0.15) is 40.5 Å². The first-order valence-electron chi connectivity index (χ1n) is 6.56. The van der Waals surface area contributed by atoms with Crippen molar-refractivity contribution >= 4 is 11.9 Å². The Hall–Kier alpha value is -1.32. The lowest BCUT2D eigenvalue weighted by Gasteiger charge is -2.19. The Morgan fingerprint density at radius 1 is 1.00 bits per heavy atom. The second kappa shape index (κ2) is 9.68. The van der Waals surface area contributed by atoms with E-state index >= 15 is 0 Å². The number of rotatable bonds is 8. The molecule has 4 nitrogen and oxygen atoms in total. The topological polar surface area (TPSA) is 52.6 Å². The molecule has 0 saturated heterocycles. The van der Waals surface area contributed by atoms with Gasteiger partial charge in [-0.3, -0.25) is 9.59 Å².